The summed E-state index contributed by atoms with van der Waals surface area (Å²) in [5.41, 5.74) is -2.08. The summed E-state index contributed by atoms with van der Waals surface area (Å²) in [5, 5.41) is 1.51. The quantitative estimate of drug-likeness (QED) is 0.669. The fourth-order valence-electron chi connectivity index (χ4n) is 1.97. The average molecular weight is 237 g/mol. The van der Waals surface area contributed by atoms with Crippen molar-refractivity contribution in [2.24, 2.45) is 11.3 Å². The van der Waals surface area contributed by atoms with Gasteiger partial charge in [0.1, 0.15) is 5.41 Å². The van der Waals surface area contributed by atoms with Crippen LogP contribution in [-0.2, 0) is 4.79 Å². The summed E-state index contributed by atoms with van der Waals surface area (Å²) in [6.45, 7) is 1.43. The van der Waals surface area contributed by atoms with E-state index in [1.54, 1.807) is 0 Å². The Labute approximate surface area is 91.1 Å². The van der Waals surface area contributed by atoms with Crippen LogP contribution in [-0.4, -0.2) is 48.2 Å². The minimum absolute atomic E-state index is 0.0713. The predicted octanol–water partition coefficient (Wildman–Crippen LogP) is 0.347. The zero-order valence-electron chi connectivity index (χ0n) is 8.76. The summed E-state index contributed by atoms with van der Waals surface area (Å²) < 4.78 is 38.1. The molecule has 0 bridgehead atoms. The number of hydrazine groups is 1. The van der Waals surface area contributed by atoms with Crippen molar-refractivity contribution in [1.29, 1.82) is 0 Å². The first-order chi connectivity index (χ1) is 7.37. The number of carbonyl (C=O) groups excluding carboxylic acids is 1. The highest BCUT2D eigenvalue weighted by Gasteiger charge is 2.69. The molecule has 92 valence electrons. The number of carbonyl (C=O) groups is 1. The van der Waals surface area contributed by atoms with Crippen LogP contribution in [0.15, 0.2) is 0 Å². The number of hydrogen-bond acceptors (Lipinski definition) is 3. The van der Waals surface area contributed by atoms with Crippen LogP contribution in [0, 0.1) is 5.41 Å². The molecule has 1 aliphatic heterocycles. The second-order valence-electron chi connectivity index (χ2n) is 4.41. The van der Waals surface area contributed by atoms with Gasteiger partial charge >= 0.3 is 6.18 Å². The van der Waals surface area contributed by atoms with Crippen molar-refractivity contribution >= 4 is 5.91 Å². The van der Waals surface area contributed by atoms with E-state index in [0.29, 0.717) is 13.1 Å². The SMILES string of the molecule is NN1CCN(C(=O)C2(C(F)(F)F)CC2)CC1. The molecule has 0 aromatic heterocycles. The Morgan fingerprint density at radius 3 is 2.00 bits per heavy atom. The van der Waals surface area contributed by atoms with Gasteiger partial charge < -0.3 is 4.90 Å². The fourth-order valence-corrected chi connectivity index (χ4v) is 1.97. The summed E-state index contributed by atoms with van der Waals surface area (Å²) in [7, 11) is 0. The molecule has 1 saturated heterocycles. The molecule has 1 amide bonds. The molecule has 2 N–H and O–H groups in total. The summed E-state index contributed by atoms with van der Waals surface area (Å²) in [6.07, 6.45) is -4.56. The van der Waals surface area contributed by atoms with Gasteiger partial charge in [-0.1, -0.05) is 0 Å². The van der Waals surface area contributed by atoms with Crippen LogP contribution in [0.1, 0.15) is 12.8 Å². The molecule has 0 atom stereocenters. The van der Waals surface area contributed by atoms with Gasteiger partial charge in [0.05, 0.1) is 0 Å². The lowest BCUT2D eigenvalue weighted by Crippen LogP contribution is -2.54. The Balaban J connectivity index is 2.03. The van der Waals surface area contributed by atoms with Gasteiger partial charge in [-0.05, 0) is 12.8 Å². The molecular weight excluding hydrogens is 223 g/mol. The largest absolute Gasteiger partial charge is 0.403 e. The first-order valence-electron chi connectivity index (χ1n) is 5.22. The van der Waals surface area contributed by atoms with Gasteiger partial charge in [-0.25, -0.2) is 5.01 Å². The van der Waals surface area contributed by atoms with Crippen LogP contribution in [0.3, 0.4) is 0 Å². The molecule has 1 aliphatic carbocycles. The summed E-state index contributed by atoms with van der Waals surface area (Å²) in [6, 6.07) is 0. The van der Waals surface area contributed by atoms with E-state index in [2.05, 4.69) is 0 Å². The third-order valence-electron chi connectivity index (χ3n) is 3.30. The Bertz CT molecular complexity index is 293. The van der Waals surface area contributed by atoms with Gasteiger partial charge in [0.15, 0.2) is 0 Å². The number of amides is 1. The van der Waals surface area contributed by atoms with Crippen LogP contribution >= 0.6 is 0 Å². The van der Waals surface area contributed by atoms with E-state index in [-0.39, 0.29) is 25.9 Å². The second kappa shape index (κ2) is 3.59. The third kappa shape index (κ3) is 1.78. The molecule has 0 unspecified atom stereocenters. The van der Waals surface area contributed by atoms with E-state index in [4.69, 9.17) is 5.84 Å². The predicted molar refractivity (Wildman–Crippen MR) is 50.1 cm³/mol. The van der Waals surface area contributed by atoms with Gasteiger partial charge in [-0.3, -0.25) is 10.6 Å². The number of nitrogens with zero attached hydrogens (tertiary/aromatic N) is 2. The molecule has 2 aliphatic rings. The van der Waals surface area contributed by atoms with Crippen LogP contribution < -0.4 is 5.84 Å². The molecule has 1 saturated carbocycles. The minimum atomic E-state index is -4.41. The summed E-state index contributed by atoms with van der Waals surface area (Å²) in [5.74, 6) is 4.71. The van der Waals surface area contributed by atoms with Crippen molar-refractivity contribution in [2.75, 3.05) is 26.2 Å². The highest BCUT2D eigenvalue weighted by molar-refractivity contribution is 5.86. The van der Waals surface area contributed by atoms with E-state index in [1.165, 1.54) is 9.91 Å². The summed E-state index contributed by atoms with van der Waals surface area (Å²) >= 11 is 0. The highest BCUT2D eigenvalue weighted by atomic mass is 19.4. The number of nitrogens with two attached hydrogens (primary N) is 1. The monoisotopic (exact) mass is 237 g/mol. The Hall–Kier alpha value is -0.820. The Morgan fingerprint density at radius 1 is 1.12 bits per heavy atom. The molecule has 0 radical (unpaired) electrons. The molecule has 0 aromatic carbocycles. The van der Waals surface area contributed by atoms with E-state index in [1.807, 2.05) is 0 Å². The molecular formula is C9H14F3N3O. The Kier molecular flexibility index (Phi) is 2.62. The lowest BCUT2D eigenvalue weighted by atomic mass is 10.0. The van der Waals surface area contributed by atoms with Crippen molar-refractivity contribution < 1.29 is 18.0 Å². The topological polar surface area (TPSA) is 49.6 Å². The lowest BCUT2D eigenvalue weighted by Gasteiger charge is -2.34. The average Bonchev–Trinajstić information content (AvgIpc) is 2.97. The van der Waals surface area contributed by atoms with Crippen molar-refractivity contribution in [3.8, 4) is 0 Å². The van der Waals surface area contributed by atoms with E-state index < -0.39 is 17.5 Å². The van der Waals surface area contributed by atoms with Crippen LogP contribution in [0.5, 0.6) is 0 Å². The van der Waals surface area contributed by atoms with Gasteiger partial charge in [0, 0.05) is 26.2 Å². The second-order valence-corrected chi connectivity index (χ2v) is 4.41. The van der Waals surface area contributed by atoms with E-state index in [0.717, 1.165) is 0 Å². The fraction of sp³-hybridized carbons (Fsp3) is 0.889. The first-order valence-corrected chi connectivity index (χ1v) is 5.22. The van der Waals surface area contributed by atoms with Crippen molar-refractivity contribution in [1.82, 2.24) is 9.91 Å². The maximum atomic E-state index is 12.7. The molecule has 0 aromatic rings. The zero-order valence-corrected chi connectivity index (χ0v) is 8.76. The Morgan fingerprint density at radius 2 is 1.62 bits per heavy atom. The normalized spacial score (nSPS) is 25.6. The van der Waals surface area contributed by atoms with E-state index in [9.17, 15) is 18.0 Å². The van der Waals surface area contributed by atoms with Crippen LogP contribution in [0.25, 0.3) is 0 Å². The maximum absolute atomic E-state index is 12.7. The number of rotatable bonds is 1. The number of hydrogen-bond donors (Lipinski definition) is 1. The molecule has 7 heteroatoms. The number of alkyl halides is 3. The smallest absolute Gasteiger partial charge is 0.339 e. The zero-order chi connectivity index (χ0) is 12.0. The first kappa shape index (κ1) is 11.7. The molecule has 1 heterocycles. The number of piperazine rings is 1. The van der Waals surface area contributed by atoms with Gasteiger partial charge in [-0.2, -0.15) is 13.2 Å². The molecule has 0 spiro atoms. The van der Waals surface area contributed by atoms with Crippen LogP contribution in [0.2, 0.25) is 0 Å². The van der Waals surface area contributed by atoms with E-state index >= 15 is 0 Å². The summed E-state index contributed by atoms with van der Waals surface area (Å²) in [4.78, 5) is 13.1. The lowest BCUT2D eigenvalue weighted by molar-refractivity contribution is -0.199. The van der Waals surface area contributed by atoms with Gasteiger partial charge in [0.25, 0.3) is 0 Å². The van der Waals surface area contributed by atoms with Crippen molar-refractivity contribution in [3.05, 3.63) is 0 Å². The molecule has 2 rings (SSSR count). The molecule has 16 heavy (non-hydrogen) atoms. The van der Waals surface area contributed by atoms with Gasteiger partial charge in [-0.15, -0.1) is 0 Å². The van der Waals surface area contributed by atoms with Crippen LogP contribution in [0.4, 0.5) is 13.2 Å². The molecule has 4 nitrogen and oxygen atoms in total. The minimum Gasteiger partial charge on any atom is -0.339 e. The standard InChI is InChI=1S/C9H14F3N3O/c10-9(11,12)8(1-2-8)7(16)14-3-5-15(13)6-4-14/h1-6,13H2. The highest BCUT2D eigenvalue weighted by Crippen LogP contribution is 2.58. The maximum Gasteiger partial charge on any atom is 0.403 e. The molecule has 2 fully saturated rings. The van der Waals surface area contributed by atoms with Crippen molar-refractivity contribution in [3.63, 3.8) is 0 Å². The third-order valence-corrected chi connectivity index (χ3v) is 3.30. The van der Waals surface area contributed by atoms with Gasteiger partial charge in [0.2, 0.25) is 5.91 Å². The number of halogens is 3. The van der Waals surface area contributed by atoms with Crippen molar-refractivity contribution in [2.45, 2.75) is 19.0 Å².